The first kappa shape index (κ1) is 11.0. The standard InChI is InChI=1S/C12H11BrN2O/c1-16-9-4-2-8(3-5-9)10-6-15-7-11(13)12(10)14/h2-7H,1H3,(H2,14,15). The Hall–Kier alpha value is -1.55. The van der Waals surface area contributed by atoms with E-state index in [2.05, 4.69) is 20.9 Å². The van der Waals surface area contributed by atoms with Gasteiger partial charge in [0, 0.05) is 18.0 Å². The predicted octanol–water partition coefficient (Wildman–Crippen LogP) is 3.10. The first-order valence-electron chi connectivity index (χ1n) is 4.76. The highest BCUT2D eigenvalue weighted by atomic mass is 79.9. The van der Waals surface area contributed by atoms with Gasteiger partial charge in [0.2, 0.25) is 0 Å². The van der Waals surface area contributed by atoms with Crippen molar-refractivity contribution in [1.82, 2.24) is 4.98 Å². The van der Waals surface area contributed by atoms with Gasteiger partial charge in [-0.25, -0.2) is 0 Å². The summed E-state index contributed by atoms with van der Waals surface area (Å²) in [6.45, 7) is 0. The largest absolute Gasteiger partial charge is 0.497 e. The number of hydrogen-bond donors (Lipinski definition) is 1. The topological polar surface area (TPSA) is 48.1 Å². The van der Waals surface area contributed by atoms with Crippen molar-refractivity contribution in [3.8, 4) is 16.9 Å². The van der Waals surface area contributed by atoms with Crippen LogP contribution < -0.4 is 10.5 Å². The van der Waals surface area contributed by atoms with Crippen LogP contribution in [0.5, 0.6) is 5.75 Å². The number of hydrogen-bond acceptors (Lipinski definition) is 3. The molecule has 1 heterocycles. The maximum atomic E-state index is 5.97. The number of nitrogens with zero attached hydrogens (tertiary/aromatic N) is 1. The molecule has 2 N–H and O–H groups in total. The molecule has 3 nitrogen and oxygen atoms in total. The third kappa shape index (κ3) is 2.02. The molecule has 1 aromatic heterocycles. The van der Waals surface area contributed by atoms with E-state index in [1.165, 1.54) is 0 Å². The molecule has 2 aromatic rings. The summed E-state index contributed by atoms with van der Waals surface area (Å²) in [4.78, 5) is 4.11. The Bertz CT molecular complexity index is 497. The number of anilines is 1. The highest BCUT2D eigenvalue weighted by molar-refractivity contribution is 9.10. The number of nitrogen functional groups attached to an aromatic ring is 1. The van der Waals surface area contributed by atoms with Crippen molar-refractivity contribution >= 4 is 21.6 Å². The minimum Gasteiger partial charge on any atom is -0.497 e. The van der Waals surface area contributed by atoms with E-state index in [0.717, 1.165) is 21.3 Å². The fraction of sp³-hybridized carbons (Fsp3) is 0.0833. The molecule has 0 aliphatic carbocycles. The number of rotatable bonds is 2. The van der Waals surface area contributed by atoms with E-state index in [9.17, 15) is 0 Å². The Labute approximate surface area is 102 Å². The molecule has 0 unspecified atom stereocenters. The van der Waals surface area contributed by atoms with Crippen LogP contribution >= 0.6 is 15.9 Å². The molecule has 0 aliphatic heterocycles. The van der Waals surface area contributed by atoms with E-state index in [1.807, 2.05) is 24.3 Å². The molecule has 0 aliphatic rings. The number of aromatic nitrogens is 1. The molecule has 16 heavy (non-hydrogen) atoms. The minimum atomic E-state index is 0.695. The number of benzene rings is 1. The molecule has 0 saturated heterocycles. The summed E-state index contributed by atoms with van der Waals surface area (Å²) in [5, 5.41) is 0. The second-order valence-electron chi connectivity index (χ2n) is 3.31. The average Bonchev–Trinajstić information content (AvgIpc) is 2.33. The van der Waals surface area contributed by atoms with Gasteiger partial charge in [0.1, 0.15) is 5.75 Å². The molecule has 0 saturated carbocycles. The highest BCUT2D eigenvalue weighted by Gasteiger charge is 2.05. The second-order valence-corrected chi connectivity index (χ2v) is 4.17. The van der Waals surface area contributed by atoms with Gasteiger partial charge >= 0.3 is 0 Å². The molecule has 4 heteroatoms. The first-order valence-corrected chi connectivity index (χ1v) is 5.55. The minimum absolute atomic E-state index is 0.695. The van der Waals surface area contributed by atoms with E-state index in [0.29, 0.717) is 5.69 Å². The van der Waals surface area contributed by atoms with E-state index in [1.54, 1.807) is 19.5 Å². The van der Waals surface area contributed by atoms with Gasteiger partial charge < -0.3 is 10.5 Å². The number of methoxy groups -OCH3 is 1. The molecule has 0 bridgehead atoms. The number of nitrogens with two attached hydrogens (primary N) is 1. The van der Waals surface area contributed by atoms with Gasteiger partial charge in [-0.1, -0.05) is 12.1 Å². The lowest BCUT2D eigenvalue weighted by Crippen LogP contribution is -1.93. The Morgan fingerprint density at radius 3 is 2.50 bits per heavy atom. The van der Waals surface area contributed by atoms with Crippen LogP contribution in [0.1, 0.15) is 0 Å². The summed E-state index contributed by atoms with van der Waals surface area (Å²) in [6, 6.07) is 7.71. The van der Waals surface area contributed by atoms with Crippen LogP contribution in [-0.4, -0.2) is 12.1 Å². The van der Waals surface area contributed by atoms with Gasteiger partial charge in [0.25, 0.3) is 0 Å². The molecule has 2 rings (SSSR count). The smallest absolute Gasteiger partial charge is 0.118 e. The molecule has 0 atom stereocenters. The second kappa shape index (κ2) is 4.53. The summed E-state index contributed by atoms with van der Waals surface area (Å²) < 4.78 is 5.91. The molecule has 0 amide bonds. The van der Waals surface area contributed by atoms with E-state index < -0.39 is 0 Å². The molecule has 82 valence electrons. The normalized spacial score (nSPS) is 10.1. The SMILES string of the molecule is COc1ccc(-c2cncc(Br)c2N)cc1. The van der Waals surface area contributed by atoms with Gasteiger partial charge in [-0.05, 0) is 33.6 Å². The Kier molecular flexibility index (Phi) is 3.10. The molecular formula is C12H11BrN2O. The summed E-state index contributed by atoms with van der Waals surface area (Å²) in [5.74, 6) is 0.824. The van der Waals surface area contributed by atoms with Crippen LogP contribution in [0.2, 0.25) is 0 Å². The molecule has 0 spiro atoms. The zero-order valence-electron chi connectivity index (χ0n) is 8.77. The maximum Gasteiger partial charge on any atom is 0.118 e. The van der Waals surface area contributed by atoms with Crippen molar-refractivity contribution in [3.63, 3.8) is 0 Å². The maximum absolute atomic E-state index is 5.97. The molecule has 1 aromatic carbocycles. The Balaban J connectivity index is 2.46. The van der Waals surface area contributed by atoms with Crippen LogP contribution in [0.15, 0.2) is 41.1 Å². The lowest BCUT2D eigenvalue weighted by molar-refractivity contribution is 0.415. The third-order valence-electron chi connectivity index (χ3n) is 2.34. The van der Waals surface area contributed by atoms with E-state index >= 15 is 0 Å². The fourth-order valence-electron chi connectivity index (χ4n) is 1.45. The first-order chi connectivity index (χ1) is 7.72. The monoisotopic (exact) mass is 278 g/mol. The quantitative estimate of drug-likeness (QED) is 0.918. The molecular weight excluding hydrogens is 268 g/mol. The van der Waals surface area contributed by atoms with Gasteiger partial charge in [-0.15, -0.1) is 0 Å². The van der Waals surface area contributed by atoms with Crippen LogP contribution in [-0.2, 0) is 0 Å². The summed E-state index contributed by atoms with van der Waals surface area (Å²) in [6.07, 6.45) is 3.43. The Morgan fingerprint density at radius 1 is 1.19 bits per heavy atom. The predicted molar refractivity (Wildman–Crippen MR) is 68.3 cm³/mol. The fourth-order valence-corrected chi connectivity index (χ4v) is 1.78. The van der Waals surface area contributed by atoms with E-state index in [4.69, 9.17) is 10.5 Å². The van der Waals surface area contributed by atoms with Crippen molar-refractivity contribution in [3.05, 3.63) is 41.1 Å². The van der Waals surface area contributed by atoms with Crippen LogP contribution in [0.25, 0.3) is 11.1 Å². The summed E-state index contributed by atoms with van der Waals surface area (Å²) in [5.41, 5.74) is 8.60. The van der Waals surface area contributed by atoms with E-state index in [-0.39, 0.29) is 0 Å². The van der Waals surface area contributed by atoms with Crippen molar-refractivity contribution in [2.24, 2.45) is 0 Å². The van der Waals surface area contributed by atoms with Gasteiger partial charge in [0.15, 0.2) is 0 Å². The lowest BCUT2D eigenvalue weighted by atomic mass is 10.1. The molecule has 0 fully saturated rings. The number of ether oxygens (including phenoxy) is 1. The third-order valence-corrected chi connectivity index (χ3v) is 2.97. The van der Waals surface area contributed by atoms with Crippen LogP contribution in [0.3, 0.4) is 0 Å². The van der Waals surface area contributed by atoms with Crippen LogP contribution in [0.4, 0.5) is 5.69 Å². The van der Waals surface area contributed by atoms with Gasteiger partial charge in [0.05, 0.1) is 17.3 Å². The van der Waals surface area contributed by atoms with Gasteiger partial charge in [-0.3, -0.25) is 4.98 Å². The lowest BCUT2D eigenvalue weighted by Gasteiger charge is -2.07. The highest BCUT2D eigenvalue weighted by Crippen LogP contribution is 2.31. The summed E-state index contributed by atoms with van der Waals surface area (Å²) in [7, 11) is 1.64. The average molecular weight is 279 g/mol. The zero-order valence-corrected chi connectivity index (χ0v) is 10.4. The summed E-state index contributed by atoms with van der Waals surface area (Å²) >= 11 is 3.36. The van der Waals surface area contributed by atoms with Crippen LogP contribution in [0, 0.1) is 0 Å². The van der Waals surface area contributed by atoms with Crippen molar-refractivity contribution in [2.45, 2.75) is 0 Å². The number of halogens is 1. The zero-order chi connectivity index (χ0) is 11.5. The van der Waals surface area contributed by atoms with Gasteiger partial charge in [-0.2, -0.15) is 0 Å². The van der Waals surface area contributed by atoms with Crippen molar-refractivity contribution in [1.29, 1.82) is 0 Å². The number of pyridine rings is 1. The van der Waals surface area contributed by atoms with Crippen molar-refractivity contribution in [2.75, 3.05) is 12.8 Å². The van der Waals surface area contributed by atoms with Crippen molar-refractivity contribution < 1.29 is 4.74 Å². The molecule has 0 radical (unpaired) electrons. The Morgan fingerprint density at radius 2 is 1.88 bits per heavy atom.